The van der Waals surface area contributed by atoms with E-state index in [0.29, 0.717) is 0 Å². The number of amides is 1. The molecule has 104 valence electrons. The molecule has 3 aliphatic heterocycles. The molecule has 4 heteroatoms. The molecule has 1 saturated heterocycles. The Balaban J connectivity index is 1.71. The maximum absolute atomic E-state index is 12.4. The van der Waals surface area contributed by atoms with Gasteiger partial charge in [0.15, 0.2) is 0 Å². The third-order valence-electron chi connectivity index (χ3n) is 4.86. The number of benzene rings is 2. The number of hydrogen-bond acceptors (Lipinski definition) is 3. The average molecular weight is 277 g/mol. The molecule has 3 heterocycles. The van der Waals surface area contributed by atoms with Gasteiger partial charge in [-0.3, -0.25) is 4.79 Å². The molecule has 1 amide bonds. The molecule has 0 radical (unpaired) electrons. The number of hydrogen-bond donors (Lipinski definition) is 2. The predicted octanol–water partition coefficient (Wildman–Crippen LogP) is 2.50. The van der Waals surface area contributed by atoms with Crippen molar-refractivity contribution in [3.8, 4) is 0 Å². The first-order chi connectivity index (χ1) is 10.3. The molecule has 2 bridgehead atoms. The van der Waals surface area contributed by atoms with Crippen molar-refractivity contribution in [1.82, 2.24) is 5.32 Å². The fourth-order valence-electron chi connectivity index (χ4n) is 3.99. The minimum atomic E-state index is 0.0514. The summed E-state index contributed by atoms with van der Waals surface area (Å²) in [4.78, 5) is 14.8. The molecule has 0 aliphatic carbocycles. The van der Waals surface area contributed by atoms with Gasteiger partial charge in [-0.25, -0.2) is 0 Å². The van der Waals surface area contributed by atoms with Crippen LogP contribution in [0.25, 0.3) is 0 Å². The zero-order valence-electron chi connectivity index (χ0n) is 11.4. The molecule has 3 atom stereocenters. The zero-order chi connectivity index (χ0) is 14.0. The number of anilines is 2. The summed E-state index contributed by atoms with van der Waals surface area (Å²) in [6.45, 7) is 0. The monoisotopic (exact) mass is 277 g/mol. The quantitative estimate of drug-likeness (QED) is 0.777. The Hall–Kier alpha value is -2.49. The second kappa shape index (κ2) is 3.79. The van der Waals surface area contributed by atoms with Crippen LogP contribution in [-0.4, -0.2) is 18.1 Å². The Morgan fingerprint density at radius 1 is 1.00 bits per heavy atom. The largest absolute Gasteiger partial charge is 0.362 e. The van der Waals surface area contributed by atoms with E-state index in [4.69, 9.17) is 0 Å². The number of rotatable bonds is 0. The van der Waals surface area contributed by atoms with Gasteiger partial charge in [-0.2, -0.15) is 0 Å². The highest BCUT2D eigenvalue weighted by atomic mass is 16.1. The number of nitrogens with zero attached hydrogens (tertiary/aromatic N) is 1. The first-order valence-corrected chi connectivity index (χ1v) is 7.36. The summed E-state index contributed by atoms with van der Waals surface area (Å²) < 4.78 is 0. The lowest BCUT2D eigenvalue weighted by Gasteiger charge is -2.30. The maximum Gasteiger partial charge on any atom is 0.251 e. The third-order valence-corrected chi connectivity index (χ3v) is 4.86. The van der Waals surface area contributed by atoms with Crippen LogP contribution < -0.4 is 15.5 Å². The minimum Gasteiger partial charge on any atom is -0.362 e. The highest BCUT2D eigenvalue weighted by molar-refractivity contribution is 5.97. The Morgan fingerprint density at radius 3 is 2.76 bits per heavy atom. The van der Waals surface area contributed by atoms with Gasteiger partial charge in [0.25, 0.3) is 5.91 Å². The minimum absolute atomic E-state index is 0.0514. The highest BCUT2D eigenvalue weighted by Gasteiger charge is 2.49. The van der Waals surface area contributed by atoms with Gasteiger partial charge >= 0.3 is 0 Å². The van der Waals surface area contributed by atoms with Crippen molar-refractivity contribution in [3.05, 3.63) is 59.7 Å². The SMILES string of the molecule is O=C1NC2CC(c3ccccc31)N1c3ccccc3NC21. The van der Waals surface area contributed by atoms with Gasteiger partial charge in [0.2, 0.25) is 0 Å². The van der Waals surface area contributed by atoms with Crippen LogP contribution in [0, 0.1) is 0 Å². The predicted molar refractivity (Wildman–Crippen MR) is 81.4 cm³/mol. The molecule has 21 heavy (non-hydrogen) atoms. The van der Waals surface area contributed by atoms with Gasteiger partial charge in [-0.1, -0.05) is 30.3 Å². The van der Waals surface area contributed by atoms with E-state index in [1.807, 2.05) is 24.3 Å². The Morgan fingerprint density at radius 2 is 1.81 bits per heavy atom. The first-order valence-electron chi connectivity index (χ1n) is 7.36. The second-order valence-corrected chi connectivity index (χ2v) is 5.93. The Bertz CT molecular complexity index is 757. The molecule has 2 N–H and O–H groups in total. The molecule has 0 spiro atoms. The van der Waals surface area contributed by atoms with Gasteiger partial charge in [0, 0.05) is 5.56 Å². The molecule has 4 nitrogen and oxygen atoms in total. The molecule has 0 saturated carbocycles. The van der Waals surface area contributed by atoms with Gasteiger partial charge in [-0.05, 0) is 30.2 Å². The summed E-state index contributed by atoms with van der Waals surface area (Å²) in [5.41, 5.74) is 4.35. The highest BCUT2D eigenvalue weighted by Crippen LogP contribution is 2.49. The van der Waals surface area contributed by atoms with E-state index >= 15 is 0 Å². The zero-order valence-corrected chi connectivity index (χ0v) is 11.4. The summed E-state index contributed by atoms with van der Waals surface area (Å²) >= 11 is 0. The molecule has 2 aromatic rings. The number of carbonyl (C=O) groups is 1. The topological polar surface area (TPSA) is 44.4 Å². The van der Waals surface area contributed by atoms with Crippen molar-refractivity contribution in [1.29, 1.82) is 0 Å². The van der Waals surface area contributed by atoms with E-state index in [1.54, 1.807) is 0 Å². The molecular formula is C17H15N3O. The van der Waals surface area contributed by atoms with Crippen LogP contribution in [-0.2, 0) is 0 Å². The fourth-order valence-corrected chi connectivity index (χ4v) is 3.99. The van der Waals surface area contributed by atoms with Crippen molar-refractivity contribution >= 4 is 17.3 Å². The van der Waals surface area contributed by atoms with Crippen LogP contribution in [0.4, 0.5) is 11.4 Å². The van der Waals surface area contributed by atoms with Gasteiger partial charge in [-0.15, -0.1) is 0 Å². The standard InChI is InChI=1S/C17H15N3O/c21-17-11-6-2-1-5-10(11)15-9-13(19-17)16-18-12-7-3-4-8-14(12)20(15)16/h1-8,13,15-16,18H,9H2,(H,19,21). The number of para-hydroxylation sites is 2. The summed E-state index contributed by atoms with van der Waals surface area (Å²) in [6.07, 6.45) is 1.11. The fraction of sp³-hybridized carbons (Fsp3) is 0.235. The first kappa shape index (κ1) is 11.2. The molecule has 5 rings (SSSR count). The van der Waals surface area contributed by atoms with Crippen molar-refractivity contribution in [2.45, 2.75) is 24.7 Å². The van der Waals surface area contributed by atoms with E-state index in [1.165, 1.54) is 5.69 Å². The molecular weight excluding hydrogens is 262 g/mol. The number of nitrogens with one attached hydrogen (secondary N) is 2. The second-order valence-electron chi connectivity index (χ2n) is 5.93. The lowest BCUT2D eigenvalue weighted by Crippen LogP contribution is -2.48. The van der Waals surface area contributed by atoms with Crippen LogP contribution in [0.3, 0.4) is 0 Å². The Labute approximate surface area is 122 Å². The average Bonchev–Trinajstić information content (AvgIpc) is 3.00. The third kappa shape index (κ3) is 1.37. The normalized spacial score (nSPS) is 28.1. The summed E-state index contributed by atoms with van der Waals surface area (Å²) in [7, 11) is 0. The van der Waals surface area contributed by atoms with Gasteiger partial charge in [0.05, 0.1) is 23.5 Å². The van der Waals surface area contributed by atoms with Crippen molar-refractivity contribution in [2.24, 2.45) is 0 Å². The van der Waals surface area contributed by atoms with Gasteiger partial charge < -0.3 is 15.5 Å². The number of fused-ring (bicyclic) bond motifs is 9. The summed E-state index contributed by atoms with van der Waals surface area (Å²) in [5, 5.41) is 6.75. The summed E-state index contributed by atoms with van der Waals surface area (Å²) in [5.74, 6) is 0.0514. The molecule has 3 unspecified atom stereocenters. The van der Waals surface area contributed by atoms with Crippen LogP contribution in [0.5, 0.6) is 0 Å². The van der Waals surface area contributed by atoms with Crippen molar-refractivity contribution in [2.75, 3.05) is 10.2 Å². The molecule has 1 fully saturated rings. The van der Waals surface area contributed by atoms with E-state index in [2.05, 4.69) is 39.8 Å². The van der Waals surface area contributed by atoms with Gasteiger partial charge in [0.1, 0.15) is 6.17 Å². The van der Waals surface area contributed by atoms with Crippen molar-refractivity contribution < 1.29 is 4.79 Å². The van der Waals surface area contributed by atoms with Crippen LogP contribution in [0.1, 0.15) is 28.4 Å². The van der Waals surface area contributed by atoms with Crippen molar-refractivity contribution in [3.63, 3.8) is 0 Å². The lowest BCUT2D eigenvalue weighted by molar-refractivity contribution is 0.0938. The van der Waals surface area contributed by atoms with E-state index in [-0.39, 0.29) is 24.2 Å². The van der Waals surface area contributed by atoms with E-state index < -0.39 is 0 Å². The molecule has 2 aromatic carbocycles. The van der Waals surface area contributed by atoms with Crippen LogP contribution >= 0.6 is 0 Å². The number of carbonyl (C=O) groups excluding carboxylic acids is 1. The van der Waals surface area contributed by atoms with Crippen LogP contribution in [0.2, 0.25) is 0 Å². The molecule has 0 aromatic heterocycles. The lowest BCUT2D eigenvalue weighted by atomic mass is 9.98. The maximum atomic E-state index is 12.4. The smallest absolute Gasteiger partial charge is 0.251 e. The summed E-state index contributed by atoms with van der Waals surface area (Å²) in [6, 6.07) is 16.8. The van der Waals surface area contributed by atoms with E-state index in [9.17, 15) is 4.79 Å². The molecule has 3 aliphatic rings. The van der Waals surface area contributed by atoms with E-state index in [0.717, 1.165) is 23.2 Å². The Kier molecular flexibility index (Phi) is 2.02. The van der Waals surface area contributed by atoms with Crippen LogP contribution in [0.15, 0.2) is 48.5 Å².